The third-order valence-electron chi connectivity index (χ3n) is 2.96. The predicted octanol–water partition coefficient (Wildman–Crippen LogP) is 3.65. The Morgan fingerprint density at radius 3 is 2.62 bits per heavy atom. The molecule has 1 fully saturated rings. The molecular formula is C12H12Cl2O2. The molecule has 1 saturated carbocycles. The minimum atomic E-state index is -0.728. The zero-order valence-electron chi connectivity index (χ0n) is 8.62. The third-order valence-corrected chi connectivity index (χ3v) is 3.55. The highest BCUT2D eigenvalue weighted by Gasteiger charge is 2.36. The van der Waals surface area contributed by atoms with Crippen molar-refractivity contribution in [3.63, 3.8) is 0 Å². The van der Waals surface area contributed by atoms with Crippen LogP contribution in [-0.2, 0) is 11.2 Å². The van der Waals surface area contributed by atoms with E-state index in [2.05, 4.69) is 0 Å². The lowest BCUT2D eigenvalue weighted by Crippen LogP contribution is -2.18. The predicted molar refractivity (Wildman–Crippen MR) is 64.0 cm³/mol. The van der Waals surface area contributed by atoms with Crippen molar-refractivity contribution in [3.8, 4) is 0 Å². The lowest BCUT2D eigenvalue weighted by molar-refractivity contribution is -0.142. The summed E-state index contributed by atoms with van der Waals surface area (Å²) in [5.74, 6) is -0.712. The number of hydrogen-bond acceptors (Lipinski definition) is 1. The maximum absolute atomic E-state index is 11.1. The van der Waals surface area contributed by atoms with Crippen LogP contribution in [0.4, 0.5) is 0 Å². The van der Waals surface area contributed by atoms with Crippen LogP contribution in [0, 0.1) is 11.8 Å². The van der Waals surface area contributed by atoms with E-state index in [0.29, 0.717) is 22.4 Å². The molecule has 0 heterocycles. The van der Waals surface area contributed by atoms with Gasteiger partial charge in [0, 0.05) is 10.0 Å². The Hall–Kier alpha value is -0.730. The van der Waals surface area contributed by atoms with Gasteiger partial charge in [0.1, 0.15) is 0 Å². The molecule has 1 N–H and O–H groups in total. The summed E-state index contributed by atoms with van der Waals surface area (Å²) in [5, 5.41) is 10.3. The first-order valence-corrected chi connectivity index (χ1v) is 6.00. The van der Waals surface area contributed by atoms with Crippen molar-refractivity contribution in [1.82, 2.24) is 0 Å². The molecule has 0 spiro atoms. The highest BCUT2D eigenvalue weighted by atomic mass is 35.5. The van der Waals surface area contributed by atoms with Gasteiger partial charge >= 0.3 is 5.97 Å². The van der Waals surface area contributed by atoms with E-state index in [1.165, 1.54) is 0 Å². The van der Waals surface area contributed by atoms with Crippen molar-refractivity contribution in [3.05, 3.63) is 33.8 Å². The molecule has 2 rings (SSSR count). The van der Waals surface area contributed by atoms with E-state index in [9.17, 15) is 4.79 Å². The Kier molecular flexibility index (Phi) is 3.41. The van der Waals surface area contributed by atoms with Crippen LogP contribution < -0.4 is 0 Å². The van der Waals surface area contributed by atoms with Gasteiger partial charge in [-0.15, -0.1) is 0 Å². The number of carboxylic acid groups (broad SMARTS) is 1. The van der Waals surface area contributed by atoms with Crippen molar-refractivity contribution in [1.29, 1.82) is 0 Å². The van der Waals surface area contributed by atoms with Crippen LogP contribution in [0.1, 0.15) is 18.4 Å². The van der Waals surface area contributed by atoms with Crippen LogP contribution >= 0.6 is 23.2 Å². The van der Waals surface area contributed by atoms with Crippen molar-refractivity contribution >= 4 is 29.2 Å². The van der Waals surface area contributed by atoms with Crippen LogP contribution in [0.5, 0.6) is 0 Å². The first-order valence-electron chi connectivity index (χ1n) is 5.24. The van der Waals surface area contributed by atoms with Gasteiger partial charge in [0.15, 0.2) is 0 Å². The molecule has 1 aliphatic rings. The molecule has 2 nitrogen and oxygen atoms in total. The maximum atomic E-state index is 11.1. The van der Waals surface area contributed by atoms with Gasteiger partial charge in [-0.1, -0.05) is 29.3 Å². The standard InChI is InChI=1S/C12H12Cl2O2/c13-9-4-3-8(11(14)6-9)5-10(12(15)16)7-1-2-7/h3-4,6-7,10H,1-2,5H2,(H,15,16). The van der Waals surface area contributed by atoms with Crippen LogP contribution in [0.25, 0.3) is 0 Å². The fraction of sp³-hybridized carbons (Fsp3) is 0.417. The normalized spacial score (nSPS) is 17.1. The molecule has 1 aliphatic carbocycles. The molecule has 86 valence electrons. The van der Waals surface area contributed by atoms with E-state index in [4.69, 9.17) is 28.3 Å². The molecule has 0 aliphatic heterocycles. The van der Waals surface area contributed by atoms with E-state index in [1.54, 1.807) is 12.1 Å². The second kappa shape index (κ2) is 4.64. The Morgan fingerprint density at radius 1 is 1.44 bits per heavy atom. The van der Waals surface area contributed by atoms with Gasteiger partial charge in [0.05, 0.1) is 5.92 Å². The number of carboxylic acids is 1. The summed E-state index contributed by atoms with van der Waals surface area (Å²) in [6.45, 7) is 0. The van der Waals surface area contributed by atoms with E-state index >= 15 is 0 Å². The second-order valence-electron chi connectivity index (χ2n) is 4.22. The molecule has 1 aromatic carbocycles. The smallest absolute Gasteiger partial charge is 0.307 e. The van der Waals surface area contributed by atoms with E-state index in [-0.39, 0.29) is 5.92 Å². The van der Waals surface area contributed by atoms with Gasteiger partial charge in [0.2, 0.25) is 0 Å². The second-order valence-corrected chi connectivity index (χ2v) is 5.07. The van der Waals surface area contributed by atoms with Gasteiger partial charge in [0.25, 0.3) is 0 Å². The van der Waals surface area contributed by atoms with E-state index in [0.717, 1.165) is 18.4 Å². The molecular weight excluding hydrogens is 247 g/mol. The van der Waals surface area contributed by atoms with Gasteiger partial charge in [-0.05, 0) is 42.9 Å². The van der Waals surface area contributed by atoms with Crippen molar-refractivity contribution in [2.75, 3.05) is 0 Å². The molecule has 0 amide bonds. The van der Waals surface area contributed by atoms with Crippen LogP contribution in [0.15, 0.2) is 18.2 Å². The first kappa shape index (κ1) is 11.7. The summed E-state index contributed by atoms with van der Waals surface area (Å²) in [4.78, 5) is 11.1. The summed E-state index contributed by atoms with van der Waals surface area (Å²) >= 11 is 11.8. The molecule has 4 heteroatoms. The Balaban J connectivity index is 2.15. The number of rotatable bonds is 4. The third kappa shape index (κ3) is 2.69. The molecule has 0 bridgehead atoms. The minimum Gasteiger partial charge on any atom is -0.481 e. The molecule has 1 aromatic rings. The number of carbonyl (C=O) groups is 1. The van der Waals surface area contributed by atoms with Crippen LogP contribution in [0.2, 0.25) is 10.0 Å². The minimum absolute atomic E-state index is 0.307. The fourth-order valence-electron chi connectivity index (χ4n) is 1.88. The summed E-state index contributed by atoms with van der Waals surface area (Å²) < 4.78 is 0. The quantitative estimate of drug-likeness (QED) is 0.896. The average Bonchev–Trinajstić information content (AvgIpc) is 2.99. The molecule has 1 atom stereocenters. The monoisotopic (exact) mass is 258 g/mol. The lowest BCUT2D eigenvalue weighted by Gasteiger charge is -2.12. The largest absolute Gasteiger partial charge is 0.481 e. The molecule has 16 heavy (non-hydrogen) atoms. The summed E-state index contributed by atoms with van der Waals surface area (Å²) in [6.07, 6.45) is 2.53. The molecule has 0 radical (unpaired) electrons. The van der Waals surface area contributed by atoms with Gasteiger partial charge in [-0.25, -0.2) is 0 Å². The van der Waals surface area contributed by atoms with Gasteiger partial charge in [-0.2, -0.15) is 0 Å². The van der Waals surface area contributed by atoms with E-state index in [1.807, 2.05) is 6.07 Å². The molecule has 0 saturated heterocycles. The average molecular weight is 259 g/mol. The lowest BCUT2D eigenvalue weighted by atomic mass is 9.95. The number of aliphatic carboxylic acids is 1. The van der Waals surface area contributed by atoms with Crippen molar-refractivity contribution in [2.45, 2.75) is 19.3 Å². The summed E-state index contributed by atoms with van der Waals surface area (Å²) in [7, 11) is 0. The zero-order chi connectivity index (χ0) is 11.7. The Morgan fingerprint density at radius 2 is 2.12 bits per heavy atom. The maximum Gasteiger partial charge on any atom is 0.307 e. The highest BCUT2D eigenvalue weighted by Crippen LogP contribution is 2.39. The topological polar surface area (TPSA) is 37.3 Å². The van der Waals surface area contributed by atoms with Gasteiger partial charge < -0.3 is 5.11 Å². The van der Waals surface area contributed by atoms with Crippen LogP contribution in [0.3, 0.4) is 0 Å². The van der Waals surface area contributed by atoms with Crippen molar-refractivity contribution < 1.29 is 9.90 Å². The van der Waals surface area contributed by atoms with E-state index < -0.39 is 5.97 Å². The highest BCUT2D eigenvalue weighted by molar-refractivity contribution is 6.35. The number of benzene rings is 1. The first-order chi connectivity index (χ1) is 7.58. The van der Waals surface area contributed by atoms with Crippen LogP contribution in [-0.4, -0.2) is 11.1 Å². The Bertz CT molecular complexity index is 413. The number of hydrogen-bond donors (Lipinski definition) is 1. The summed E-state index contributed by atoms with van der Waals surface area (Å²) in [6, 6.07) is 5.21. The fourth-order valence-corrected chi connectivity index (χ4v) is 2.36. The van der Waals surface area contributed by atoms with Gasteiger partial charge in [-0.3, -0.25) is 4.79 Å². The molecule has 0 aromatic heterocycles. The number of halogens is 2. The zero-order valence-corrected chi connectivity index (χ0v) is 10.1. The SMILES string of the molecule is O=C(O)C(Cc1ccc(Cl)cc1Cl)C1CC1. The van der Waals surface area contributed by atoms with Crippen molar-refractivity contribution in [2.24, 2.45) is 11.8 Å². The molecule has 1 unspecified atom stereocenters. The summed E-state index contributed by atoms with van der Waals surface area (Å²) in [5.41, 5.74) is 0.866. The Labute approximate surface area is 104 Å².